The number of phenols is 1. The molecule has 0 spiro atoms. The number of halogens is 1. The lowest BCUT2D eigenvalue weighted by Gasteiger charge is -2.32. The number of benzene rings is 1. The number of ether oxygens (including phenoxy) is 1. The molecule has 138 valence electrons. The van der Waals surface area contributed by atoms with Crippen LogP contribution in [0.5, 0.6) is 11.6 Å². The Morgan fingerprint density at radius 3 is 2.93 bits per heavy atom. The second kappa shape index (κ2) is 6.38. The monoisotopic (exact) mass is 367 g/mol. The van der Waals surface area contributed by atoms with E-state index in [4.69, 9.17) is 4.74 Å². The summed E-state index contributed by atoms with van der Waals surface area (Å²) in [6.07, 6.45) is 5.61. The van der Waals surface area contributed by atoms with Crippen LogP contribution in [-0.2, 0) is 0 Å². The molecule has 0 saturated carbocycles. The molecule has 1 aromatic carbocycles. The molecule has 0 amide bonds. The van der Waals surface area contributed by atoms with Crippen molar-refractivity contribution in [3.8, 4) is 23.0 Å². The minimum atomic E-state index is -1.07. The second-order valence-corrected chi connectivity index (χ2v) is 7.10. The number of phenolic OH excluding ortho intramolecular Hbond substituents is 1. The summed E-state index contributed by atoms with van der Waals surface area (Å²) >= 11 is 0. The van der Waals surface area contributed by atoms with Crippen LogP contribution in [0, 0.1) is 0 Å². The average molecular weight is 367 g/mol. The van der Waals surface area contributed by atoms with Gasteiger partial charge >= 0.3 is 0 Å². The third kappa shape index (κ3) is 2.95. The highest BCUT2D eigenvalue weighted by Gasteiger charge is 2.43. The fraction of sp³-hybridized carbons (Fsp3) is 0.368. The Hall–Kier alpha value is -2.87. The zero-order chi connectivity index (χ0) is 18.4. The van der Waals surface area contributed by atoms with E-state index in [1.807, 2.05) is 6.07 Å². The summed E-state index contributed by atoms with van der Waals surface area (Å²) in [7, 11) is 0. The summed E-state index contributed by atoms with van der Waals surface area (Å²) < 4.78 is 20.2. The van der Waals surface area contributed by atoms with Gasteiger partial charge in [0.15, 0.2) is 12.0 Å². The van der Waals surface area contributed by atoms with Gasteiger partial charge in [-0.05, 0) is 36.4 Å². The van der Waals surface area contributed by atoms with Gasteiger partial charge in [0, 0.05) is 36.3 Å². The lowest BCUT2D eigenvalue weighted by atomic mass is 10.0. The molecule has 0 aliphatic carbocycles. The highest BCUT2D eigenvalue weighted by atomic mass is 19.1. The molecule has 4 heterocycles. The van der Waals surface area contributed by atoms with Crippen molar-refractivity contribution in [3.63, 3.8) is 0 Å². The second-order valence-electron chi connectivity index (χ2n) is 7.10. The lowest BCUT2D eigenvalue weighted by molar-refractivity contribution is 0.0418. The number of piperidine rings is 1. The van der Waals surface area contributed by atoms with Crippen LogP contribution in [0.15, 0.2) is 36.8 Å². The summed E-state index contributed by atoms with van der Waals surface area (Å²) in [6, 6.07) is 5.40. The minimum Gasteiger partial charge on any atom is -0.507 e. The fourth-order valence-electron chi connectivity index (χ4n) is 3.97. The minimum absolute atomic E-state index is 0.0460. The predicted molar refractivity (Wildman–Crippen MR) is 96.1 cm³/mol. The van der Waals surface area contributed by atoms with Gasteiger partial charge in [0.05, 0.1) is 11.8 Å². The van der Waals surface area contributed by atoms with Crippen molar-refractivity contribution in [2.75, 3.05) is 0 Å². The average Bonchev–Trinajstić information content (AvgIpc) is 3.10. The van der Waals surface area contributed by atoms with Crippen molar-refractivity contribution in [1.82, 2.24) is 25.5 Å². The Bertz CT molecular complexity index is 984. The number of pyridine rings is 1. The van der Waals surface area contributed by atoms with Gasteiger partial charge in [-0.1, -0.05) is 0 Å². The molecular weight excluding hydrogens is 349 g/mol. The largest absolute Gasteiger partial charge is 0.507 e. The van der Waals surface area contributed by atoms with E-state index in [0.717, 1.165) is 23.6 Å². The number of nitrogens with one attached hydrogen (secondary N) is 1. The van der Waals surface area contributed by atoms with Crippen LogP contribution < -0.4 is 10.1 Å². The van der Waals surface area contributed by atoms with Crippen LogP contribution in [-0.4, -0.2) is 49.6 Å². The van der Waals surface area contributed by atoms with Crippen molar-refractivity contribution < 1.29 is 14.2 Å². The molecule has 27 heavy (non-hydrogen) atoms. The van der Waals surface area contributed by atoms with Crippen molar-refractivity contribution in [1.29, 1.82) is 0 Å². The summed E-state index contributed by atoms with van der Waals surface area (Å²) in [4.78, 5) is 8.29. The molecule has 2 bridgehead atoms. The topological polar surface area (TPSA) is 93.1 Å². The van der Waals surface area contributed by atoms with E-state index >= 15 is 0 Å². The van der Waals surface area contributed by atoms with Crippen molar-refractivity contribution >= 4 is 10.8 Å². The van der Waals surface area contributed by atoms with E-state index in [1.54, 1.807) is 24.5 Å². The third-order valence-electron chi connectivity index (χ3n) is 5.34. The van der Waals surface area contributed by atoms with Crippen LogP contribution >= 0.6 is 0 Å². The Morgan fingerprint density at radius 1 is 1.15 bits per heavy atom. The summed E-state index contributed by atoms with van der Waals surface area (Å²) in [5.74, 6) is 0.516. The molecule has 7 nitrogen and oxygen atoms in total. The predicted octanol–water partition coefficient (Wildman–Crippen LogP) is 2.40. The Morgan fingerprint density at radius 2 is 2.07 bits per heavy atom. The molecule has 5 rings (SSSR count). The number of hydrogen-bond donors (Lipinski definition) is 2. The molecule has 2 unspecified atom stereocenters. The SMILES string of the molecule is Oc1cc2cnccc2cc1-c1ncc(O[C@H]2CC3CCC(N3)[C@@H]2F)nn1. The number of aromatic nitrogens is 4. The number of aromatic hydroxyl groups is 1. The van der Waals surface area contributed by atoms with E-state index < -0.39 is 12.3 Å². The van der Waals surface area contributed by atoms with Gasteiger partial charge in [-0.25, -0.2) is 9.37 Å². The molecular formula is C19H18FN5O2. The smallest absolute Gasteiger partial charge is 0.252 e. The van der Waals surface area contributed by atoms with Crippen LogP contribution in [0.4, 0.5) is 4.39 Å². The maximum atomic E-state index is 14.5. The number of rotatable bonds is 3. The van der Waals surface area contributed by atoms with Gasteiger partial charge in [0.1, 0.15) is 11.9 Å². The van der Waals surface area contributed by atoms with E-state index in [1.165, 1.54) is 6.20 Å². The molecule has 2 aliphatic heterocycles. The molecule has 2 fully saturated rings. The zero-order valence-corrected chi connectivity index (χ0v) is 14.4. The van der Waals surface area contributed by atoms with Gasteiger partial charge in [-0.2, -0.15) is 0 Å². The molecule has 2 aliphatic rings. The molecule has 2 aromatic heterocycles. The van der Waals surface area contributed by atoms with Gasteiger partial charge in [0.25, 0.3) is 5.88 Å². The third-order valence-corrected chi connectivity index (χ3v) is 5.34. The van der Waals surface area contributed by atoms with Crippen molar-refractivity contribution in [2.45, 2.75) is 43.6 Å². The van der Waals surface area contributed by atoms with Gasteiger partial charge < -0.3 is 15.2 Å². The Labute approximate surface area is 154 Å². The first kappa shape index (κ1) is 16.3. The summed E-state index contributed by atoms with van der Waals surface area (Å²) in [5.41, 5.74) is 0.469. The van der Waals surface area contributed by atoms with Crippen LogP contribution in [0.1, 0.15) is 19.3 Å². The van der Waals surface area contributed by atoms with E-state index in [9.17, 15) is 9.50 Å². The maximum absolute atomic E-state index is 14.5. The normalized spacial score (nSPS) is 27.0. The lowest BCUT2D eigenvalue weighted by Crippen LogP contribution is -2.51. The molecule has 3 aromatic rings. The number of fused-ring (bicyclic) bond motifs is 3. The first-order valence-corrected chi connectivity index (χ1v) is 9.01. The Kier molecular flexibility index (Phi) is 3.86. The highest BCUT2D eigenvalue weighted by molar-refractivity contribution is 5.88. The molecule has 8 heteroatoms. The van der Waals surface area contributed by atoms with E-state index in [0.29, 0.717) is 18.0 Å². The molecule has 2 N–H and O–H groups in total. The summed E-state index contributed by atoms with van der Waals surface area (Å²) in [5, 5.41) is 23.4. The summed E-state index contributed by atoms with van der Waals surface area (Å²) in [6.45, 7) is 0. The molecule has 0 radical (unpaired) electrons. The van der Waals surface area contributed by atoms with E-state index in [2.05, 4.69) is 25.5 Å². The Balaban J connectivity index is 1.38. The highest BCUT2D eigenvalue weighted by Crippen LogP contribution is 2.33. The first-order valence-electron chi connectivity index (χ1n) is 9.01. The first-order chi connectivity index (χ1) is 13.2. The van der Waals surface area contributed by atoms with Gasteiger partial charge in [-0.15, -0.1) is 10.2 Å². The standard InChI is InChI=1S/C19H18FN5O2/c20-18-14-2-1-12(23-14)7-16(18)27-17-9-22-19(25-24-17)13-5-10-3-4-21-8-11(10)6-15(13)26/h3-6,8-9,12,14,16,18,23,26H,1-2,7H2/t12?,14?,16-,18-/m0/s1. The van der Waals surface area contributed by atoms with Crippen molar-refractivity contribution in [3.05, 3.63) is 36.8 Å². The molecule has 4 atom stereocenters. The number of nitrogens with zero attached hydrogens (tertiary/aromatic N) is 4. The number of hydrogen-bond acceptors (Lipinski definition) is 7. The van der Waals surface area contributed by atoms with Crippen LogP contribution in [0.25, 0.3) is 22.2 Å². The van der Waals surface area contributed by atoms with Gasteiger partial charge in [-0.3, -0.25) is 4.98 Å². The quantitative estimate of drug-likeness (QED) is 0.734. The van der Waals surface area contributed by atoms with Crippen LogP contribution in [0.3, 0.4) is 0 Å². The molecule has 2 saturated heterocycles. The van der Waals surface area contributed by atoms with Gasteiger partial charge in [0.2, 0.25) is 0 Å². The van der Waals surface area contributed by atoms with Crippen molar-refractivity contribution in [2.24, 2.45) is 0 Å². The van der Waals surface area contributed by atoms with E-state index in [-0.39, 0.29) is 23.5 Å². The van der Waals surface area contributed by atoms with Crippen LogP contribution in [0.2, 0.25) is 0 Å². The number of alkyl halides is 1. The zero-order valence-electron chi connectivity index (χ0n) is 14.4. The maximum Gasteiger partial charge on any atom is 0.252 e. The fourth-order valence-corrected chi connectivity index (χ4v) is 3.97.